The Bertz CT molecular complexity index is 715. The van der Waals surface area contributed by atoms with Crippen molar-refractivity contribution < 1.29 is 4.79 Å². The summed E-state index contributed by atoms with van der Waals surface area (Å²) in [5.74, 6) is -0.0796. The fourth-order valence-electron chi connectivity index (χ4n) is 1.98. The lowest BCUT2D eigenvalue weighted by molar-refractivity contribution is 0.0963. The van der Waals surface area contributed by atoms with Gasteiger partial charge in [0.15, 0.2) is 0 Å². The molecule has 3 aromatic rings. The van der Waals surface area contributed by atoms with Crippen LogP contribution in [0.5, 0.6) is 0 Å². The number of nitrogens with one attached hydrogen (secondary N) is 1. The Kier molecular flexibility index (Phi) is 2.08. The summed E-state index contributed by atoms with van der Waals surface area (Å²) in [6.07, 6.45) is 3.55. The van der Waals surface area contributed by atoms with Crippen LogP contribution in [-0.4, -0.2) is 22.3 Å². The number of benzene rings is 1. The number of hydrogen-bond donors (Lipinski definition) is 1. The number of amides is 1. The van der Waals surface area contributed by atoms with Crippen molar-refractivity contribution in [2.24, 2.45) is 0 Å². The summed E-state index contributed by atoms with van der Waals surface area (Å²) in [5, 5.41) is 3.71. The maximum absolute atomic E-state index is 11.6. The van der Waals surface area contributed by atoms with Crippen LogP contribution in [0.4, 0.5) is 0 Å². The highest BCUT2D eigenvalue weighted by Gasteiger charge is 2.06. The van der Waals surface area contributed by atoms with Crippen LogP contribution in [0, 0.1) is 0 Å². The maximum Gasteiger partial charge on any atom is 0.251 e. The second-order valence-electron chi connectivity index (χ2n) is 3.87. The number of fused-ring (bicyclic) bond motifs is 3. The Morgan fingerprint density at radius 2 is 2.12 bits per heavy atom. The van der Waals surface area contributed by atoms with Crippen molar-refractivity contribution in [3.63, 3.8) is 0 Å². The van der Waals surface area contributed by atoms with Crippen molar-refractivity contribution in [1.29, 1.82) is 0 Å². The molecule has 0 bridgehead atoms. The Labute approximate surface area is 97.9 Å². The van der Waals surface area contributed by atoms with Crippen molar-refractivity contribution in [3.05, 3.63) is 48.4 Å². The van der Waals surface area contributed by atoms with Gasteiger partial charge in [-0.1, -0.05) is 12.1 Å². The van der Waals surface area contributed by atoms with Crippen molar-refractivity contribution in [2.75, 3.05) is 7.05 Å². The number of hydrogen-bond acceptors (Lipinski definition) is 2. The van der Waals surface area contributed by atoms with Crippen LogP contribution in [-0.2, 0) is 0 Å². The van der Waals surface area contributed by atoms with E-state index in [1.54, 1.807) is 19.6 Å². The highest BCUT2D eigenvalue weighted by molar-refractivity contribution is 5.98. The summed E-state index contributed by atoms with van der Waals surface area (Å²) in [7, 11) is 1.63. The second kappa shape index (κ2) is 3.59. The van der Waals surface area contributed by atoms with Gasteiger partial charge in [0.05, 0.1) is 23.6 Å². The third-order valence-corrected chi connectivity index (χ3v) is 2.88. The molecule has 0 fully saturated rings. The molecule has 0 saturated heterocycles. The largest absolute Gasteiger partial charge is 0.355 e. The molecule has 84 valence electrons. The molecule has 2 aromatic heterocycles. The van der Waals surface area contributed by atoms with Crippen LogP contribution < -0.4 is 5.32 Å². The number of pyridine rings is 1. The second-order valence-corrected chi connectivity index (χ2v) is 3.87. The molecule has 0 saturated carbocycles. The van der Waals surface area contributed by atoms with E-state index >= 15 is 0 Å². The van der Waals surface area contributed by atoms with Gasteiger partial charge in [0.1, 0.15) is 0 Å². The van der Waals surface area contributed by atoms with Crippen LogP contribution in [0.3, 0.4) is 0 Å². The zero-order valence-corrected chi connectivity index (χ0v) is 9.34. The molecule has 4 nitrogen and oxygen atoms in total. The molecule has 1 amide bonds. The molecule has 0 aliphatic carbocycles. The Hall–Kier alpha value is -2.36. The number of rotatable bonds is 1. The minimum atomic E-state index is -0.0796. The first-order chi connectivity index (χ1) is 8.29. The van der Waals surface area contributed by atoms with Gasteiger partial charge in [0, 0.05) is 12.6 Å². The van der Waals surface area contributed by atoms with Gasteiger partial charge in [-0.05, 0) is 23.6 Å². The standard InChI is InChI=1S/C13H11N3O/c1-14-13(17)10-3-2-9-4-5-11-7-15-8-16(11)12(9)6-10/h2-8H,1H3,(H,14,17). The highest BCUT2D eigenvalue weighted by atomic mass is 16.1. The lowest BCUT2D eigenvalue weighted by Gasteiger charge is -2.05. The summed E-state index contributed by atoms with van der Waals surface area (Å²) in [6, 6.07) is 9.68. The van der Waals surface area contributed by atoms with Crippen LogP contribution in [0.1, 0.15) is 10.4 Å². The molecular formula is C13H11N3O. The van der Waals surface area contributed by atoms with Crippen molar-refractivity contribution >= 4 is 22.3 Å². The third kappa shape index (κ3) is 1.45. The van der Waals surface area contributed by atoms with Gasteiger partial charge in [-0.3, -0.25) is 9.20 Å². The number of carbonyl (C=O) groups excluding carboxylic acids is 1. The molecule has 0 unspecified atom stereocenters. The van der Waals surface area contributed by atoms with Gasteiger partial charge in [-0.15, -0.1) is 0 Å². The molecular weight excluding hydrogens is 214 g/mol. The monoisotopic (exact) mass is 225 g/mol. The molecule has 0 aliphatic rings. The van der Waals surface area contributed by atoms with Gasteiger partial charge in [0.25, 0.3) is 5.91 Å². The quantitative estimate of drug-likeness (QED) is 0.687. The van der Waals surface area contributed by atoms with Crippen LogP contribution in [0.25, 0.3) is 16.4 Å². The van der Waals surface area contributed by atoms with E-state index in [0.29, 0.717) is 5.56 Å². The van der Waals surface area contributed by atoms with Crippen LogP contribution in [0.15, 0.2) is 42.9 Å². The lowest BCUT2D eigenvalue weighted by Crippen LogP contribution is -2.17. The first-order valence-electron chi connectivity index (χ1n) is 5.36. The average Bonchev–Trinajstić information content (AvgIpc) is 2.85. The van der Waals surface area contributed by atoms with Gasteiger partial charge in [-0.2, -0.15) is 0 Å². The van der Waals surface area contributed by atoms with Gasteiger partial charge in [0.2, 0.25) is 0 Å². The summed E-state index contributed by atoms with van der Waals surface area (Å²) in [4.78, 5) is 15.7. The molecule has 3 rings (SSSR count). The van der Waals surface area contributed by atoms with E-state index < -0.39 is 0 Å². The van der Waals surface area contributed by atoms with E-state index in [9.17, 15) is 4.79 Å². The van der Waals surface area contributed by atoms with Crippen LogP contribution in [0.2, 0.25) is 0 Å². The van der Waals surface area contributed by atoms with E-state index in [1.807, 2.05) is 34.7 Å². The van der Waals surface area contributed by atoms with Crippen molar-refractivity contribution in [1.82, 2.24) is 14.7 Å². The minimum absolute atomic E-state index is 0.0796. The number of carbonyl (C=O) groups is 1. The zero-order chi connectivity index (χ0) is 11.8. The lowest BCUT2D eigenvalue weighted by atomic mass is 10.1. The molecule has 0 atom stereocenters. The highest BCUT2D eigenvalue weighted by Crippen LogP contribution is 2.18. The fourth-order valence-corrected chi connectivity index (χ4v) is 1.98. The number of aromatic nitrogens is 2. The molecule has 0 spiro atoms. The van der Waals surface area contributed by atoms with E-state index in [2.05, 4.69) is 10.3 Å². The first kappa shape index (κ1) is 9.84. The normalized spacial score (nSPS) is 10.9. The summed E-state index contributed by atoms with van der Waals surface area (Å²) in [6.45, 7) is 0. The molecule has 1 aromatic carbocycles. The zero-order valence-electron chi connectivity index (χ0n) is 9.34. The summed E-state index contributed by atoms with van der Waals surface area (Å²) < 4.78 is 1.97. The van der Waals surface area contributed by atoms with Crippen LogP contribution >= 0.6 is 0 Å². The predicted octanol–water partition coefficient (Wildman–Crippen LogP) is 1.85. The van der Waals surface area contributed by atoms with E-state index in [4.69, 9.17) is 0 Å². The van der Waals surface area contributed by atoms with E-state index in [0.717, 1.165) is 16.4 Å². The van der Waals surface area contributed by atoms with Crippen molar-refractivity contribution in [2.45, 2.75) is 0 Å². The Morgan fingerprint density at radius 3 is 2.94 bits per heavy atom. The first-order valence-corrected chi connectivity index (χ1v) is 5.36. The van der Waals surface area contributed by atoms with Gasteiger partial charge < -0.3 is 5.32 Å². The Morgan fingerprint density at radius 1 is 1.29 bits per heavy atom. The average molecular weight is 225 g/mol. The fraction of sp³-hybridized carbons (Fsp3) is 0.0769. The molecule has 4 heteroatoms. The summed E-state index contributed by atoms with van der Waals surface area (Å²) >= 11 is 0. The van der Waals surface area contributed by atoms with Gasteiger partial charge >= 0.3 is 0 Å². The third-order valence-electron chi connectivity index (χ3n) is 2.88. The molecule has 0 radical (unpaired) electrons. The topological polar surface area (TPSA) is 46.4 Å². The predicted molar refractivity (Wildman–Crippen MR) is 66.1 cm³/mol. The van der Waals surface area contributed by atoms with E-state index in [-0.39, 0.29) is 5.91 Å². The molecule has 0 aliphatic heterocycles. The number of imidazole rings is 1. The smallest absolute Gasteiger partial charge is 0.251 e. The van der Waals surface area contributed by atoms with E-state index in [1.165, 1.54) is 0 Å². The SMILES string of the molecule is CNC(=O)c1ccc2ccc3cncn3c2c1. The number of nitrogens with zero attached hydrogens (tertiary/aromatic N) is 2. The van der Waals surface area contributed by atoms with Gasteiger partial charge in [-0.25, -0.2) is 4.98 Å². The Balaban J connectivity index is 2.35. The molecule has 17 heavy (non-hydrogen) atoms. The minimum Gasteiger partial charge on any atom is -0.355 e. The molecule has 2 heterocycles. The summed E-state index contributed by atoms with van der Waals surface area (Å²) in [5.41, 5.74) is 2.66. The maximum atomic E-state index is 11.6. The molecule has 1 N–H and O–H groups in total. The van der Waals surface area contributed by atoms with Crippen molar-refractivity contribution in [3.8, 4) is 0 Å².